The summed E-state index contributed by atoms with van der Waals surface area (Å²) >= 11 is 0. The van der Waals surface area contributed by atoms with Gasteiger partial charge in [0.25, 0.3) is 0 Å². The number of nitrogens with zero attached hydrogens (tertiary/aromatic N) is 4. The molecule has 0 amide bonds. The molecule has 2 aromatic rings. The Kier molecular flexibility index (Phi) is 5.10. The van der Waals surface area contributed by atoms with E-state index in [1.165, 1.54) is 0 Å². The minimum absolute atomic E-state index is 0.0501. The molecule has 0 spiro atoms. The molecular formula is C14H21N5O2. The summed E-state index contributed by atoms with van der Waals surface area (Å²) in [6.07, 6.45) is 0.850. The van der Waals surface area contributed by atoms with Gasteiger partial charge in [0, 0.05) is 12.8 Å². The molecule has 7 nitrogen and oxygen atoms in total. The Morgan fingerprint density at radius 3 is 2.81 bits per heavy atom. The van der Waals surface area contributed by atoms with E-state index in [4.69, 9.17) is 15.2 Å². The Labute approximate surface area is 124 Å². The number of hydrogen-bond acceptors (Lipinski definition) is 6. The third-order valence-electron chi connectivity index (χ3n) is 3.25. The molecule has 0 aliphatic heterocycles. The summed E-state index contributed by atoms with van der Waals surface area (Å²) in [5.74, 6) is 1.28. The molecule has 1 aromatic carbocycles. The predicted molar refractivity (Wildman–Crippen MR) is 80.0 cm³/mol. The zero-order valence-electron chi connectivity index (χ0n) is 12.6. The number of hydrogen-bond donors (Lipinski definition) is 1. The van der Waals surface area contributed by atoms with E-state index in [0.717, 1.165) is 12.0 Å². The minimum atomic E-state index is 0.0501. The molecule has 0 bridgehead atoms. The van der Waals surface area contributed by atoms with E-state index >= 15 is 0 Å². The summed E-state index contributed by atoms with van der Waals surface area (Å²) in [6, 6.07) is 5.58. The topological polar surface area (TPSA) is 88.1 Å². The van der Waals surface area contributed by atoms with Gasteiger partial charge in [0.05, 0.1) is 24.8 Å². The highest BCUT2D eigenvalue weighted by atomic mass is 16.5. The summed E-state index contributed by atoms with van der Waals surface area (Å²) < 4.78 is 12.6. The van der Waals surface area contributed by atoms with Crippen LogP contribution in [0.4, 0.5) is 5.69 Å². The van der Waals surface area contributed by atoms with Crippen molar-refractivity contribution >= 4 is 5.69 Å². The number of rotatable bonds is 7. The second-order valence-electron chi connectivity index (χ2n) is 4.62. The van der Waals surface area contributed by atoms with Crippen LogP contribution < -0.4 is 10.5 Å². The van der Waals surface area contributed by atoms with Crippen LogP contribution in [0.5, 0.6) is 5.75 Å². The highest BCUT2D eigenvalue weighted by molar-refractivity contribution is 5.77. The van der Waals surface area contributed by atoms with Crippen LogP contribution in [-0.2, 0) is 4.74 Å². The van der Waals surface area contributed by atoms with Gasteiger partial charge >= 0.3 is 0 Å². The maximum absolute atomic E-state index is 6.11. The van der Waals surface area contributed by atoms with Crippen LogP contribution in [-0.4, -0.2) is 40.5 Å². The first-order valence-electron chi connectivity index (χ1n) is 7.01. The number of benzene rings is 1. The Morgan fingerprint density at radius 2 is 2.14 bits per heavy atom. The average Bonchev–Trinajstić information content (AvgIpc) is 2.94. The van der Waals surface area contributed by atoms with Gasteiger partial charge in [0.2, 0.25) is 0 Å². The largest absolute Gasteiger partial charge is 0.493 e. The van der Waals surface area contributed by atoms with Crippen molar-refractivity contribution in [2.45, 2.75) is 26.3 Å². The molecule has 0 saturated heterocycles. The molecular weight excluding hydrogens is 270 g/mol. The lowest BCUT2D eigenvalue weighted by atomic mass is 10.1. The molecule has 0 fully saturated rings. The summed E-state index contributed by atoms with van der Waals surface area (Å²) in [5.41, 5.74) is 7.42. The molecule has 114 valence electrons. The van der Waals surface area contributed by atoms with Crippen molar-refractivity contribution in [3.05, 3.63) is 18.2 Å². The van der Waals surface area contributed by atoms with E-state index in [1.54, 1.807) is 11.8 Å². The van der Waals surface area contributed by atoms with Gasteiger partial charge in [-0.1, -0.05) is 13.0 Å². The van der Waals surface area contributed by atoms with E-state index in [2.05, 4.69) is 22.4 Å². The summed E-state index contributed by atoms with van der Waals surface area (Å²) in [4.78, 5) is 0. The van der Waals surface area contributed by atoms with E-state index in [9.17, 15) is 0 Å². The lowest BCUT2D eigenvalue weighted by molar-refractivity contribution is 0.147. The standard InChI is InChI=1S/C14H21N5O2/c1-4-10(9-20-3)19-14(16-17-18-19)13-11(15)7-6-8-12(13)21-5-2/h6-8,10H,4-5,9,15H2,1-3H3. The number of tetrazole rings is 1. The molecule has 7 heteroatoms. The Balaban J connectivity index is 2.50. The zero-order chi connectivity index (χ0) is 15.2. The van der Waals surface area contributed by atoms with Gasteiger partial charge in [-0.15, -0.1) is 5.10 Å². The van der Waals surface area contributed by atoms with Crippen molar-refractivity contribution in [3.8, 4) is 17.1 Å². The molecule has 1 unspecified atom stereocenters. The SMILES string of the molecule is CCOc1cccc(N)c1-c1nnnn1C(CC)COC. The van der Waals surface area contributed by atoms with Crippen molar-refractivity contribution in [2.75, 3.05) is 26.1 Å². The van der Waals surface area contributed by atoms with Crippen molar-refractivity contribution in [1.82, 2.24) is 20.2 Å². The first-order valence-corrected chi connectivity index (χ1v) is 7.01. The van der Waals surface area contributed by atoms with Crippen molar-refractivity contribution in [3.63, 3.8) is 0 Å². The number of nitrogens with two attached hydrogens (primary N) is 1. The Morgan fingerprint density at radius 1 is 1.33 bits per heavy atom. The van der Waals surface area contributed by atoms with Crippen molar-refractivity contribution in [1.29, 1.82) is 0 Å². The second kappa shape index (κ2) is 7.03. The second-order valence-corrected chi connectivity index (χ2v) is 4.62. The normalized spacial score (nSPS) is 12.3. The number of nitrogen functional groups attached to an aromatic ring is 1. The van der Waals surface area contributed by atoms with Gasteiger partial charge in [-0.3, -0.25) is 0 Å². The van der Waals surface area contributed by atoms with Crippen molar-refractivity contribution < 1.29 is 9.47 Å². The maximum atomic E-state index is 6.11. The van der Waals surface area contributed by atoms with Gasteiger partial charge in [-0.2, -0.15) is 0 Å². The van der Waals surface area contributed by atoms with Gasteiger partial charge in [-0.05, 0) is 35.9 Å². The molecule has 1 atom stereocenters. The fraction of sp³-hybridized carbons (Fsp3) is 0.500. The fourth-order valence-electron chi connectivity index (χ4n) is 2.22. The molecule has 1 heterocycles. The van der Waals surface area contributed by atoms with Gasteiger partial charge in [-0.25, -0.2) is 4.68 Å². The Hall–Kier alpha value is -2.15. The molecule has 2 rings (SSSR count). The van der Waals surface area contributed by atoms with Crippen LogP contribution >= 0.6 is 0 Å². The molecule has 0 aliphatic rings. The summed E-state index contributed by atoms with van der Waals surface area (Å²) in [7, 11) is 1.66. The number of ether oxygens (including phenoxy) is 2. The third kappa shape index (κ3) is 3.13. The average molecular weight is 291 g/mol. The summed E-state index contributed by atoms with van der Waals surface area (Å²) in [6.45, 7) is 5.07. The maximum Gasteiger partial charge on any atom is 0.188 e. The molecule has 2 N–H and O–H groups in total. The van der Waals surface area contributed by atoms with Gasteiger partial charge in [0.1, 0.15) is 5.75 Å². The fourth-order valence-corrected chi connectivity index (χ4v) is 2.22. The molecule has 0 saturated carbocycles. The van der Waals surface area contributed by atoms with Gasteiger partial charge < -0.3 is 15.2 Å². The molecule has 0 aliphatic carbocycles. The number of aromatic nitrogens is 4. The lowest BCUT2D eigenvalue weighted by Crippen LogP contribution is -2.17. The molecule has 21 heavy (non-hydrogen) atoms. The van der Waals surface area contributed by atoms with E-state index in [0.29, 0.717) is 30.5 Å². The van der Waals surface area contributed by atoms with Crippen molar-refractivity contribution in [2.24, 2.45) is 0 Å². The smallest absolute Gasteiger partial charge is 0.188 e. The zero-order valence-corrected chi connectivity index (χ0v) is 12.6. The van der Waals surface area contributed by atoms with Crippen LogP contribution in [0.2, 0.25) is 0 Å². The molecule has 0 radical (unpaired) electrons. The Bertz CT molecular complexity index is 584. The number of anilines is 1. The highest BCUT2D eigenvalue weighted by Gasteiger charge is 2.21. The lowest BCUT2D eigenvalue weighted by Gasteiger charge is -2.17. The van der Waals surface area contributed by atoms with Crippen LogP contribution in [0.1, 0.15) is 26.3 Å². The minimum Gasteiger partial charge on any atom is -0.493 e. The quantitative estimate of drug-likeness (QED) is 0.784. The first-order chi connectivity index (χ1) is 10.2. The van der Waals surface area contributed by atoms with Crippen LogP contribution in [0.25, 0.3) is 11.4 Å². The summed E-state index contributed by atoms with van der Waals surface area (Å²) in [5, 5.41) is 12.0. The van der Waals surface area contributed by atoms with E-state index < -0.39 is 0 Å². The van der Waals surface area contributed by atoms with E-state index in [1.807, 2.05) is 25.1 Å². The van der Waals surface area contributed by atoms with Crippen LogP contribution in [0.3, 0.4) is 0 Å². The predicted octanol–water partition coefficient (Wildman–Crippen LogP) is 1.92. The van der Waals surface area contributed by atoms with Crippen LogP contribution in [0.15, 0.2) is 18.2 Å². The monoisotopic (exact) mass is 291 g/mol. The first kappa shape index (κ1) is 15.2. The number of methoxy groups -OCH3 is 1. The van der Waals surface area contributed by atoms with Crippen LogP contribution in [0, 0.1) is 0 Å². The highest BCUT2D eigenvalue weighted by Crippen LogP contribution is 2.34. The van der Waals surface area contributed by atoms with Gasteiger partial charge in [0.15, 0.2) is 5.82 Å². The molecule has 1 aromatic heterocycles. The van der Waals surface area contributed by atoms with E-state index in [-0.39, 0.29) is 6.04 Å². The third-order valence-corrected chi connectivity index (χ3v) is 3.25.